The molecule has 0 aromatic heterocycles. The van der Waals surface area contributed by atoms with Crippen LogP contribution in [-0.4, -0.2) is 11.7 Å². The second kappa shape index (κ2) is 6.17. The van der Waals surface area contributed by atoms with Gasteiger partial charge in [0.05, 0.1) is 0 Å². The van der Waals surface area contributed by atoms with E-state index in [0.717, 1.165) is 17.3 Å². The molecule has 0 unspecified atom stereocenters. The van der Waals surface area contributed by atoms with Crippen molar-refractivity contribution in [3.8, 4) is 11.1 Å². The average Bonchev–Trinajstić information content (AvgIpc) is 2.40. The predicted octanol–water partition coefficient (Wildman–Crippen LogP) is 4.21. The standard InChI is InChI=1S/C16H17BrO/c1-2-13-11-15(17)7-8-16(13)14-5-3-12(4-6-14)9-10-18/h3-8,11,18H,2,9-10H2,1H3. The lowest BCUT2D eigenvalue weighted by molar-refractivity contribution is 0.299. The first kappa shape index (κ1) is 13.3. The van der Waals surface area contributed by atoms with Gasteiger partial charge in [0.15, 0.2) is 0 Å². The van der Waals surface area contributed by atoms with E-state index in [9.17, 15) is 0 Å². The van der Waals surface area contributed by atoms with Gasteiger partial charge in [0, 0.05) is 11.1 Å². The Balaban J connectivity index is 2.36. The van der Waals surface area contributed by atoms with Gasteiger partial charge >= 0.3 is 0 Å². The molecule has 18 heavy (non-hydrogen) atoms. The summed E-state index contributed by atoms with van der Waals surface area (Å²) < 4.78 is 1.13. The second-order valence-electron chi connectivity index (χ2n) is 4.33. The summed E-state index contributed by atoms with van der Waals surface area (Å²) in [6.07, 6.45) is 1.74. The molecule has 2 heteroatoms. The predicted molar refractivity (Wildman–Crippen MR) is 79.7 cm³/mol. The zero-order chi connectivity index (χ0) is 13.0. The fourth-order valence-corrected chi connectivity index (χ4v) is 2.52. The number of halogens is 1. The number of aliphatic hydroxyl groups is 1. The van der Waals surface area contributed by atoms with E-state index < -0.39 is 0 Å². The van der Waals surface area contributed by atoms with Gasteiger partial charge < -0.3 is 5.11 Å². The maximum atomic E-state index is 8.91. The highest BCUT2D eigenvalue weighted by Gasteiger charge is 2.04. The minimum absolute atomic E-state index is 0.206. The lowest BCUT2D eigenvalue weighted by Crippen LogP contribution is -1.91. The Bertz CT molecular complexity index is 517. The highest BCUT2D eigenvalue weighted by Crippen LogP contribution is 2.27. The van der Waals surface area contributed by atoms with Crippen LogP contribution in [0.3, 0.4) is 0 Å². The largest absolute Gasteiger partial charge is 0.396 e. The SMILES string of the molecule is CCc1cc(Br)ccc1-c1ccc(CCO)cc1. The number of hydrogen-bond donors (Lipinski definition) is 1. The van der Waals surface area contributed by atoms with Crippen LogP contribution in [0.15, 0.2) is 46.9 Å². The van der Waals surface area contributed by atoms with E-state index in [0.29, 0.717) is 0 Å². The molecular weight excluding hydrogens is 288 g/mol. The molecule has 0 heterocycles. The molecule has 2 rings (SSSR count). The summed E-state index contributed by atoms with van der Waals surface area (Å²) in [5.74, 6) is 0. The van der Waals surface area contributed by atoms with E-state index in [1.165, 1.54) is 22.3 Å². The summed E-state index contributed by atoms with van der Waals surface area (Å²) in [6.45, 7) is 2.38. The molecule has 0 saturated heterocycles. The number of benzene rings is 2. The molecule has 1 N–H and O–H groups in total. The average molecular weight is 305 g/mol. The molecule has 0 amide bonds. The van der Waals surface area contributed by atoms with Crippen molar-refractivity contribution >= 4 is 15.9 Å². The van der Waals surface area contributed by atoms with Crippen molar-refractivity contribution in [3.05, 3.63) is 58.1 Å². The van der Waals surface area contributed by atoms with Gasteiger partial charge in [-0.05, 0) is 47.2 Å². The van der Waals surface area contributed by atoms with Gasteiger partial charge in [0.2, 0.25) is 0 Å². The zero-order valence-electron chi connectivity index (χ0n) is 10.5. The van der Waals surface area contributed by atoms with Crippen LogP contribution in [0.2, 0.25) is 0 Å². The molecular formula is C16H17BrO. The molecule has 2 aromatic carbocycles. The summed E-state index contributed by atoms with van der Waals surface area (Å²) in [7, 11) is 0. The van der Waals surface area contributed by atoms with Crippen LogP contribution in [0.25, 0.3) is 11.1 Å². The van der Waals surface area contributed by atoms with Gasteiger partial charge in [0.1, 0.15) is 0 Å². The van der Waals surface area contributed by atoms with Crippen LogP contribution in [-0.2, 0) is 12.8 Å². The minimum Gasteiger partial charge on any atom is -0.396 e. The van der Waals surface area contributed by atoms with E-state index in [1.54, 1.807) is 0 Å². The summed E-state index contributed by atoms with van der Waals surface area (Å²) in [6, 6.07) is 14.9. The van der Waals surface area contributed by atoms with Crippen molar-refractivity contribution in [1.29, 1.82) is 0 Å². The third-order valence-electron chi connectivity index (χ3n) is 3.11. The summed E-state index contributed by atoms with van der Waals surface area (Å²) in [5.41, 5.74) is 5.05. The van der Waals surface area contributed by atoms with E-state index in [4.69, 9.17) is 5.11 Å². The van der Waals surface area contributed by atoms with Crippen LogP contribution in [0.1, 0.15) is 18.1 Å². The van der Waals surface area contributed by atoms with E-state index in [-0.39, 0.29) is 6.61 Å². The topological polar surface area (TPSA) is 20.2 Å². The van der Waals surface area contributed by atoms with Crippen LogP contribution in [0, 0.1) is 0 Å². The third kappa shape index (κ3) is 3.01. The molecule has 0 aliphatic heterocycles. The first-order valence-electron chi connectivity index (χ1n) is 6.23. The second-order valence-corrected chi connectivity index (χ2v) is 5.24. The Hall–Kier alpha value is -1.12. The molecule has 0 atom stereocenters. The number of hydrogen-bond acceptors (Lipinski definition) is 1. The van der Waals surface area contributed by atoms with Gasteiger partial charge in [-0.2, -0.15) is 0 Å². The van der Waals surface area contributed by atoms with Crippen molar-refractivity contribution < 1.29 is 5.11 Å². The van der Waals surface area contributed by atoms with Gasteiger partial charge in [0.25, 0.3) is 0 Å². The monoisotopic (exact) mass is 304 g/mol. The van der Waals surface area contributed by atoms with Crippen LogP contribution < -0.4 is 0 Å². The first-order valence-corrected chi connectivity index (χ1v) is 7.02. The smallest absolute Gasteiger partial charge is 0.0471 e. The minimum atomic E-state index is 0.206. The lowest BCUT2D eigenvalue weighted by atomic mass is 9.97. The molecule has 0 spiro atoms. The highest BCUT2D eigenvalue weighted by atomic mass is 79.9. The number of rotatable bonds is 4. The molecule has 0 saturated carbocycles. The summed E-state index contributed by atoms with van der Waals surface area (Å²) in [5, 5.41) is 8.91. The normalized spacial score (nSPS) is 10.6. The van der Waals surface area contributed by atoms with E-state index in [2.05, 4.69) is 65.3 Å². The van der Waals surface area contributed by atoms with Crippen LogP contribution >= 0.6 is 15.9 Å². The van der Waals surface area contributed by atoms with Crippen molar-refractivity contribution in [1.82, 2.24) is 0 Å². The lowest BCUT2D eigenvalue weighted by Gasteiger charge is -2.09. The fourth-order valence-electron chi connectivity index (χ4n) is 2.12. The van der Waals surface area contributed by atoms with E-state index in [1.807, 2.05) is 0 Å². The molecule has 2 aromatic rings. The van der Waals surface area contributed by atoms with Crippen LogP contribution in [0.5, 0.6) is 0 Å². The molecule has 1 nitrogen and oxygen atoms in total. The van der Waals surface area contributed by atoms with Crippen molar-refractivity contribution in [3.63, 3.8) is 0 Å². The summed E-state index contributed by atoms with van der Waals surface area (Å²) in [4.78, 5) is 0. The van der Waals surface area contributed by atoms with Crippen molar-refractivity contribution in [2.24, 2.45) is 0 Å². The quantitative estimate of drug-likeness (QED) is 0.897. The van der Waals surface area contributed by atoms with Crippen LogP contribution in [0.4, 0.5) is 0 Å². The number of aliphatic hydroxyl groups excluding tert-OH is 1. The van der Waals surface area contributed by atoms with Gasteiger partial charge in [-0.3, -0.25) is 0 Å². The van der Waals surface area contributed by atoms with E-state index >= 15 is 0 Å². The van der Waals surface area contributed by atoms with Gasteiger partial charge in [-0.15, -0.1) is 0 Å². The number of aryl methyl sites for hydroxylation is 1. The Morgan fingerprint density at radius 1 is 1.06 bits per heavy atom. The maximum absolute atomic E-state index is 8.91. The highest BCUT2D eigenvalue weighted by molar-refractivity contribution is 9.10. The van der Waals surface area contributed by atoms with Crippen molar-refractivity contribution in [2.45, 2.75) is 19.8 Å². The molecule has 94 valence electrons. The molecule has 0 fully saturated rings. The fraction of sp³-hybridized carbons (Fsp3) is 0.250. The zero-order valence-corrected chi connectivity index (χ0v) is 12.1. The molecule has 0 bridgehead atoms. The molecule has 0 aliphatic rings. The maximum Gasteiger partial charge on any atom is 0.0471 e. The van der Waals surface area contributed by atoms with Gasteiger partial charge in [-0.25, -0.2) is 0 Å². The third-order valence-corrected chi connectivity index (χ3v) is 3.61. The Morgan fingerprint density at radius 2 is 1.78 bits per heavy atom. The summed E-state index contributed by atoms with van der Waals surface area (Å²) >= 11 is 3.51. The Morgan fingerprint density at radius 3 is 2.39 bits per heavy atom. The van der Waals surface area contributed by atoms with Gasteiger partial charge in [-0.1, -0.05) is 53.2 Å². The molecule has 0 radical (unpaired) electrons. The van der Waals surface area contributed by atoms with Crippen molar-refractivity contribution in [2.75, 3.05) is 6.61 Å². The Labute approximate surface area is 117 Å². The molecule has 0 aliphatic carbocycles. The first-order chi connectivity index (χ1) is 8.74. The Kier molecular flexibility index (Phi) is 4.56.